The average molecular weight is 240 g/mol. The van der Waals surface area contributed by atoms with Crippen molar-refractivity contribution in [3.05, 3.63) is 0 Å². The van der Waals surface area contributed by atoms with Crippen molar-refractivity contribution in [3.8, 4) is 0 Å². The predicted molar refractivity (Wildman–Crippen MR) is 71.1 cm³/mol. The lowest BCUT2D eigenvalue weighted by Crippen LogP contribution is -2.54. The Morgan fingerprint density at radius 1 is 1.24 bits per heavy atom. The van der Waals surface area contributed by atoms with Crippen molar-refractivity contribution in [2.75, 3.05) is 13.6 Å². The van der Waals surface area contributed by atoms with Gasteiger partial charge in [0.15, 0.2) is 0 Å². The molecule has 2 aliphatic heterocycles. The molecule has 2 unspecified atom stereocenters. The molecule has 2 aliphatic rings. The number of aliphatic hydroxyl groups is 1. The summed E-state index contributed by atoms with van der Waals surface area (Å²) in [6.07, 6.45) is 7.58. The largest absolute Gasteiger partial charge is 0.390 e. The maximum atomic E-state index is 9.70. The van der Waals surface area contributed by atoms with Gasteiger partial charge in [-0.1, -0.05) is 6.42 Å². The Kier molecular flexibility index (Phi) is 4.11. The third-order valence-electron chi connectivity index (χ3n) is 4.51. The van der Waals surface area contributed by atoms with Crippen LogP contribution in [0.25, 0.3) is 0 Å². The van der Waals surface area contributed by atoms with Crippen LogP contribution >= 0.6 is 0 Å². The molecule has 2 rings (SSSR count). The van der Waals surface area contributed by atoms with Crippen LogP contribution in [0.15, 0.2) is 0 Å². The molecule has 0 spiro atoms. The highest BCUT2D eigenvalue weighted by atomic mass is 16.3. The molecule has 2 atom stereocenters. The average Bonchev–Trinajstić information content (AvgIpc) is 2.17. The molecule has 2 saturated heterocycles. The highest BCUT2D eigenvalue weighted by Gasteiger charge is 2.35. The second-order valence-corrected chi connectivity index (χ2v) is 6.59. The lowest BCUT2D eigenvalue weighted by Gasteiger charge is -2.47. The smallest absolute Gasteiger partial charge is 0.0603 e. The van der Waals surface area contributed by atoms with Crippen LogP contribution in [0.5, 0.6) is 0 Å². The van der Waals surface area contributed by atoms with Gasteiger partial charge in [0.25, 0.3) is 0 Å². The quantitative estimate of drug-likeness (QED) is 0.786. The Balaban J connectivity index is 1.76. The summed E-state index contributed by atoms with van der Waals surface area (Å²) in [7, 11) is 2.29. The summed E-state index contributed by atoms with van der Waals surface area (Å²) in [5, 5.41) is 13.3. The number of nitrogens with zero attached hydrogens (tertiary/aromatic N) is 1. The normalized spacial score (nSPS) is 34.9. The first kappa shape index (κ1) is 13.3. The van der Waals surface area contributed by atoms with Crippen LogP contribution in [-0.2, 0) is 0 Å². The molecule has 0 saturated carbocycles. The Bertz CT molecular complexity index is 235. The van der Waals surface area contributed by atoms with Crippen LogP contribution < -0.4 is 5.32 Å². The molecular formula is C14H28N2O. The van der Waals surface area contributed by atoms with E-state index in [1.54, 1.807) is 0 Å². The van der Waals surface area contributed by atoms with Crippen molar-refractivity contribution in [3.63, 3.8) is 0 Å². The van der Waals surface area contributed by atoms with Gasteiger partial charge in [-0.05, 0) is 59.5 Å². The van der Waals surface area contributed by atoms with Gasteiger partial charge in [-0.3, -0.25) is 0 Å². The number of nitrogens with one attached hydrogen (secondary N) is 1. The Morgan fingerprint density at radius 3 is 2.35 bits per heavy atom. The third-order valence-corrected chi connectivity index (χ3v) is 4.51. The van der Waals surface area contributed by atoms with Crippen LogP contribution in [-0.4, -0.2) is 47.3 Å². The number of hydrogen-bond donors (Lipinski definition) is 2. The van der Waals surface area contributed by atoms with Gasteiger partial charge < -0.3 is 15.3 Å². The van der Waals surface area contributed by atoms with Gasteiger partial charge in [0.2, 0.25) is 0 Å². The highest BCUT2D eigenvalue weighted by molar-refractivity contribution is 4.93. The predicted octanol–water partition coefficient (Wildman–Crippen LogP) is 1.75. The summed E-state index contributed by atoms with van der Waals surface area (Å²) >= 11 is 0. The van der Waals surface area contributed by atoms with Gasteiger partial charge in [0, 0.05) is 18.1 Å². The fraction of sp³-hybridized carbons (Fsp3) is 1.00. The minimum atomic E-state index is -0.533. The first-order chi connectivity index (χ1) is 7.96. The summed E-state index contributed by atoms with van der Waals surface area (Å²) < 4.78 is 0. The second kappa shape index (κ2) is 5.25. The van der Waals surface area contributed by atoms with Gasteiger partial charge in [0.05, 0.1) is 5.60 Å². The zero-order chi connectivity index (χ0) is 12.5. The van der Waals surface area contributed by atoms with Crippen LogP contribution in [0, 0.1) is 0 Å². The van der Waals surface area contributed by atoms with Crippen molar-refractivity contribution in [1.82, 2.24) is 10.2 Å². The molecule has 2 heterocycles. The molecule has 0 aromatic carbocycles. The number of piperidine rings is 2. The zero-order valence-electron chi connectivity index (χ0n) is 11.6. The lowest BCUT2D eigenvalue weighted by molar-refractivity contribution is 0.0425. The maximum Gasteiger partial charge on any atom is 0.0603 e. The fourth-order valence-corrected chi connectivity index (χ4v) is 3.36. The van der Waals surface area contributed by atoms with Crippen LogP contribution in [0.2, 0.25) is 0 Å². The van der Waals surface area contributed by atoms with Gasteiger partial charge >= 0.3 is 0 Å². The molecule has 2 bridgehead atoms. The second-order valence-electron chi connectivity index (χ2n) is 6.59. The fourth-order valence-electron chi connectivity index (χ4n) is 3.36. The topological polar surface area (TPSA) is 35.5 Å². The van der Waals surface area contributed by atoms with E-state index in [1.807, 2.05) is 13.8 Å². The first-order valence-electron chi connectivity index (χ1n) is 7.13. The van der Waals surface area contributed by atoms with E-state index in [0.29, 0.717) is 6.04 Å². The SMILES string of the molecule is CN1C2CCCC1CC(NCCC(C)(C)O)C2. The number of fused-ring (bicyclic) bond motifs is 2. The van der Waals surface area contributed by atoms with E-state index >= 15 is 0 Å². The van der Waals surface area contributed by atoms with Crippen molar-refractivity contribution in [2.24, 2.45) is 0 Å². The van der Waals surface area contributed by atoms with E-state index < -0.39 is 5.60 Å². The van der Waals surface area contributed by atoms with E-state index in [4.69, 9.17) is 0 Å². The Labute approximate surface area is 106 Å². The molecule has 0 aromatic heterocycles. The standard InChI is InChI=1S/C14H28N2O/c1-14(2,17)7-8-15-11-9-12-5-4-6-13(10-11)16(12)3/h11-13,15,17H,4-10H2,1-3H3. The minimum Gasteiger partial charge on any atom is -0.390 e. The summed E-state index contributed by atoms with van der Waals surface area (Å²) in [4.78, 5) is 2.59. The van der Waals surface area contributed by atoms with E-state index in [0.717, 1.165) is 25.0 Å². The number of hydrogen-bond acceptors (Lipinski definition) is 3. The Morgan fingerprint density at radius 2 is 1.82 bits per heavy atom. The van der Waals surface area contributed by atoms with E-state index in [9.17, 15) is 5.11 Å². The van der Waals surface area contributed by atoms with E-state index in [2.05, 4.69) is 17.3 Å². The monoisotopic (exact) mass is 240 g/mol. The van der Waals surface area contributed by atoms with Crippen molar-refractivity contribution in [1.29, 1.82) is 0 Å². The lowest BCUT2D eigenvalue weighted by atomic mass is 9.82. The van der Waals surface area contributed by atoms with Gasteiger partial charge in [-0.25, -0.2) is 0 Å². The molecule has 100 valence electrons. The van der Waals surface area contributed by atoms with Crippen LogP contribution in [0.3, 0.4) is 0 Å². The summed E-state index contributed by atoms with van der Waals surface area (Å²) in [5.41, 5.74) is -0.533. The summed E-state index contributed by atoms with van der Waals surface area (Å²) in [6, 6.07) is 2.26. The molecule has 0 aliphatic carbocycles. The summed E-state index contributed by atoms with van der Waals surface area (Å²) in [6.45, 7) is 4.72. The van der Waals surface area contributed by atoms with Gasteiger partial charge in [-0.15, -0.1) is 0 Å². The zero-order valence-corrected chi connectivity index (χ0v) is 11.6. The minimum absolute atomic E-state index is 0.533. The van der Waals surface area contributed by atoms with Crippen LogP contribution in [0.1, 0.15) is 52.4 Å². The van der Waals surface area contributed by atoms with Crippen LogP contribution in [0.4, 0.5) is 0 Å². The Hall–Kier alpha value is -0.120. The number of rotatable bonds is 4. The molecule has 3 nitrogen and oxygen atoms in total. The third kappa shape index (κ3) is 3.67. The maximum absolute atomic E-state index is 9.70. The molecule has 17 heavy (non-hydrogen) atoms. The molecule has 0 amide bonds. The highest BCUT2D eigenvalue weighted by Crippen LogP contribution is 2.32. The summed E-state index contributed by atoms with van der Waals surface area (Å²) in [5.74, 6) is 0. The van der Waals surface area contributed by atoms with E-state index in [-0.39, 0.29) is 0 Å². The molecular weight excluding hydrogens is 212 g/mol. The van der Waals surface area contributed by atoms with E-state index in [1.165, 1.54) is 32.1 Å². The van der Waals surface area contributed by atoms with Crippen molar-refractivity contribution >= 4 is 0 Å². The molecule has 3 heteroatoms. The van der Waals surface area contributed by atoms with Crippen molar-refractivity contribution in [2.45, 2.75) is 76.1 Å². The van der Waals surface area contributed by atoms with Gasteiger partial charge in [0.1, 0.15) is 0 Å². The molecule has 0 radical (unpaired) electrons. The molecule has 2 fully saturated rings. The van der Waals surface area contributed by atoms with Gasteiger partial charge in [-0.2, -0.15) is 0 Å². The molecule has 2 N–H and O–H groups in total. The first-order valence-corrected chi connectivity index (χ1v) is 7.13. The van der Waals surface area contributed by atoms with Crippen molar-refractivity contribution < 1.29 is 5.11 Å². The molecule has 0 aromatic rings.